The number of anilines is 1. The van der Waals surface area contributed by atoms with Gasteiger partial charge in [0.05, 0.1) is 22.4 Å². The molecule has 1 aromatic rings. The highest BCUT2D eigenvalue weighted by atomic mass is 32.2. The summed E-state index contributed by atoms with van der Waals surface area (Å²) in [6.07, 6.45) is 3.89. The molecular weight excluding hydrogens is 324 g/mol. The van der Waals surface area contributed by atoms with Gasteiger partial charge in [0, 0.05) is 0 Å². The normalized spacial score (nSPS) is 20.9. The molecule has 1 aromatic carbocycles. The largest absolute Gasteiger partial charge is 0.506 e. The Kier molecular flexibility index (Phi) is 4.71. The Labute approximate surface area is 132 Å². The Morgan fingerprint density at radius 3 is 2.35 bits per heavy atom. The van der Waals surface area contributed by atoms with Gasteiger partial charge in [0.15, 0.2) is 0 Å². The van der Waals surface area contributed by atoms with Crippen LogP contribution in [-0.4, -0.2) is 30.5 Å². The molecule has 23 heavy (non-hydrogen) atoms. The second-order valence-electron chi connectivity index (χ2n) is 5.21. The minimum absolute atomic E-state index is 0.139. The molecule has 0 aromatic heterocycles. The minimum atomic E-state index is -3.99. The van der Waals surface area contributed by atoms with E-state index in [1.54, 1.807) is 12.2 Å². The van der Waals surface area contributed by atoms with Crippen LogP contribution >= 0.6 is 0 Å². The molecule has 0 spiro atoms. The molecule has 0 bridgehead atoms. The Bertz CT molecular complexity index is 771. The SMILES string of the molecule is NS(=O)(=O)c1ccc(O)c(NC(=O)C2CC=CCC2C(=O)O)c1. The maximum atomic E-state index is 12.3. The average Bonchev–Trinajstić information content (AvgIpc) is 2.48. The third-order valence-electron chi connectivity index (χ3n) is 3.64. The molecule has 0 saturated carbocycles. The van der Waals surface area contributed by atoms with Crippen molar-refractivity contribution in [2.24, 2.45) is 17.0 Å². The number of phenols is 1. The van der Waals surface area contributed by atoms with Crippen molar-refractivity contribution in [2.45, 2.75) is 17.7 Å². The van der Waals surface area contributed by atoms with Gasteiger partial charge in [-0.1, -0.05) is 12.2 Å². The highest BCUT2D eigenvalue weighted by molar-refractivity contribution is 7.89. The Balaban J connectivity index is 2.26. The molecule has 0 aliphatic heterocycles. The van der Waals surface area contributed by atoms with E-state index >= 15 is 0 Å². The number of aliphatic carboxylic acids is 1. The van der Waals surface area contributed by atoms with E-state index < -0.39 is 33.7 Å². The quantitative estimate of drug-likeness (QED) is 0.467. The Morgan fingerprint density at radius 1 is 1.17 bits per heavy atom. The summed E-state index contributed by atoms with van der Waals surface area (Å²) in [5.74, 6) is -3.72. The van der Waals surface area contributed by atoms with Gasteiger partial charge in [0.2, 0.25) is 15.9 Å². The zero-order chi connectivity index (χ0) is 17.2. The van der Waals surface area contributed by atoms with Crippen molar-refractivity contribution in [3.8, 4) is 5.75 Å². The van der Waals surface area contributed by atoms with E-state index in [1.807, 2.05) is 0 Å². The van der Waals surface area contributed by atoms with Crippen LogP contribution in [0.1, 0.15) is 12.8 Å². The number of carboxylic acids is 1. The molecule has 0 fully saturated rings. The average molecular weight is 340 g/mol. The van der Waals surface area contributed by atoms with Crippen molar-refractivity contribution in [1.29, 1.82) is 0 Å². The number of allylic oxidation sites excluding steroid dienone is 2. The molecule has 2 unspecified atom stereocenters. The van der Waals surface area contributed by atoms with E-state index in [4.69, 9.17) is 10.2 Å². The Hall–Kier alpha value is -2.39. The summed E-state index contributed by atoms with van der Waals surface area (Å²) >= 11 is 0. The number of amides is 1. The van der Waals surface area contributed by atoms with Crippen LogP contribution in [0.4, 0.5) is 5.69 Å². The van der Waals surface area contributed by atoms with Gasteiger partial charge < -0.3 is 15.5 Å². The minimum Gasteiger partial charge on any atom is -0.506 e. The molecule has 0 saturated heterocycles. The summed E-state index contributed by atoms with van der Waals surface area (Å²) in [6, 6.07) is 3.21. The van der Waals surface area contributed by atoms with Crippen LogP contribution in [0.15, 0.2) is 35.2 Å². The lowest BCUT2D eigenvalue weighted by Crippen LogP contribution is -2.34. The standard InChI is InChI=1S/C14H16N2O6S/c15-23(21,22)8-5-6-12(17)11(7-8)16-13(18)9-3-1-2-4-10(9)14(19)20/h1-2,5-7,9-10,17H,3-4H2,(H,16,18)(H,19,20)(H2,15,21,22). The van der Waals surface area contributed by atoms with Gasteiger partial charge >= 0.3 is 5.97 Å². The monoisotopic (exact) mass is 340 g/mol. The van der Waals surface area contributed by atoms with Gasteiger partial charge in [-0.2, -0.15) is 0 Å². The molecule has 1 amide bonds. The lowest BCUT2D eigenvalue weighted by molar-refractivity contribution is -0.146. The first-order valence-corrected chi connectivity index (χ1v) is 8.29. The summed E-state index contributed by atoms with van der Waals surface area (Å²) in [5.41, 5.74) is -0.139. The van der Waals surface area contributed by atoms with Crippen molar-refractivity contribution in [3.63, 3.8) is 0 Å². The smallest absolute Gasteiger partial charge is 0.307 e. The number of hydrogen-bond donors (Lipinski definition) is 4. The third-order valence-corrected chi connectivity index (χ3v) is 4.55. The topological polar surface area (TPSA) is 147 Å². The number of carbonyl (C=O) groups is 2. The number of phenolic OH excluding ortho intramolecular Hbond substituents is 1. The first-order chi connectivity index (χ1) is 10.7. The summed E-state index contributed by atoms with van der Waals surface area (Å²) < 4.78 is 22.6. The molecule has 1 aliphatic rings. The van der Waals surface area contributed by atoms with E-state index in [2.05, 4.69) is 5.32 Å². The van der Waals surface area contributed by atoms with E-state index in [0.29, 0.717) is 0 Å². The molecule has 1 aliphatic carbocycles. The molecule has 8 nitrogen and oxygen atoms in total. The summed E-state index contributed by atoms with van der Waals surface area (Å²) in [4.78, 5) is 23.2. The number of carbonyl (C=O) groups excluding carboxylic acids is 1. The molecule has 2 atom stereocenters. The van der Waals surface area contributed by atoms with Crippen LogP contribution in [0.2, 0.25) is 0 Å². The zero-order valence-electron chi connectivity index (χ0n) is 12.0. The molecular formula is C14H16N2O6S. The van der Waals surface area contributed by atoms with Gasteiger partial charge in [-0.05, 0) is 31.0 Å². The maximum absolute atomic E-state index is 12.3. The second kappa shape index (κ2) is 6.39. The highest BCUT2D eigenvalue weighted by Gasteiger charge is 2.34. The fraction of sp³-hybridized carbons (Fsp3) is 0.286. The van der Waals surface area contributed by atoms with Gasteiger partial charge in [0.25, 0.3) is 0 Å². The number of sulfonamides is 1. The van der Waals surface area contributed by atoms with Gasteiger partial charge in [-0.15, -0.1) is 0 Å². The first-order valence-electron chi connectivity index (χ1n) is 6.74. The molecule has 2 rings (SSSR count). The number of nitrogens with two attached hydrogens (primary N) is 1. The predicted molar refractivity (Wildman–Crippen MR) is 81.1 cm³/mol. The van der Waals surface area contributed by atoms with E-state index in [-0.39, 0.29) is 29.2 Å². The van der Waals surface area contributed by atoms with Crippen LogP contribution in [0.3, 0.4) is 0 Å². The lowest BCUT2D eigenvalue weighted by Gasteiger charge is -2.24. The number of rotatable bonds is 4. The fourth-order valence-corrected chi connectivity index (χ4v) is 2.93. The summed E-state index contributed by atoms with van der Waals surface area (Å²) in [6.45, 7) is 0. The summed E-state index contributed by atoms with van der Waals surface area (Å²) in [5, 5.41) is 26.3. The van der Waals surface area contributed by atoms with Crippen molar-refractivity contribution in [1.82, 2.24) is 0 Å². The first kappa shape index (κ1) is 17.0. The molecule has 5 N–H and O–H groups in total. The Morgan fingerprint density at radius 2 is 1.78 bits per heavy atom. The van der Waals surface area contributed by atoms with Crippen molar-refractivity contribution in [2.75, 3.05) is 5.32 Å². The van der Waals surface area contributed by atoms with Crippen LogP contribution in [0.5, 0.6) is 5.75 Å². The van der Waals surface area contributed by atoms with Crippen LogP contribution in [-0.2, 0) is 19.6 Å². The fourth-order valence-electron chi connectivity index (χ4n) is 2.39. The van der Waals surface area contributed by atoms with E-state index in [9.17, 15) is 23.1 Å². The molecule has 9 heteroatoms. The third kappa shape index (κ3) is 3.88. The molecule has 0 radical (unpaired) electrons. The van der Waals surface area contributed by atoms with Crippen molar-refractivity contribution in [3.05, 3.63) is 30.4 Å². The van der Waals surface area contributed by atoms with Gasteiger partial charge in [0.1, 0.15) is 5.75 Å². The number of benzene rings is 1. The second-order valence-corrected chi connectivity index (χ2v) is 6.77. The van der Waals surface area contributed by atoms with E-state index in [0.717, 1.165) is 18.2 Å². The summed E-state index contributed by atoms with van der Waals surface area (Å²) in [7, 11) is -3.99. The van der Waals surface area contributed by atoms with Crippen LogP contribution < -0.4 is 10.5 Å². The van der Waals surface area contributed by atoms with Gasteiger partial charge in [-0.25, -0.2) is 13.6 Å². The van der Waals surface area contributed by atoms with Crippen LogP contribution in [0, 0.1) is 11.8 Å². The van der Waals surface area contributed by atoms with E-state index in [1.165, 1.54) is 0 Å². The van der Waals surface area contributed by atoms with Crippen molar-refractivity contribution >= 4 is 27.6 Å². The zero-order valence-corrected chi connectivity index (χ0v) is 12.8. The number of primary sulfonamides is 1. The number of carboxylic acid groups (broad SMARTS) is 1. The van der Waals surface area contributed by atoms with Crippen molar-refractivity contribution < 1.29 is 28.2 Å². The predicted octanol–water partition coefficient (Wildman–Crippen LogP) is 0.645. The number of nitrogens with one attached hydrogen (secondary N) is 1. The molecule has 0 heterocycles. The lowest BCUT2D eigenvalue weighted by atomic mass is 9.82. The highest BCUT2D eigenvalue weighted by Crippen LogP contribution is 2.30. The maximum Gasteiger partial charge on any atom is 0.307 e. The van der Waals surface area contributed by atoms with Gasteiger partial charge in [-0.3, -0.25) is 9.59 Å². The van der Waals surface area contributed by atoms with Crippen LogP contribution in [0.25, 0.3) is 0 Å². The molecule has 124 valence electrons. The number of hydrogen-bond acceptors (Lipinski definition) is 5. The number of aromatic hydroxyl groups is 1.